The van der Waals surface area contributed by atoms with Crippen molar-refractivity contribution in [3.05, 3.63) is 58.6 Å². The zero-order valence-corrected chi connectivity index (χ0v) is 12.7. The highest BCUT2D eigenvalue weighted by atomic mass is 35.5. The molecule has 2 heterocycles. The Morgan fingerprint density at radius 2 is 2.09 bits per heavy atom. The van der Waals surface area contributed by atoms with E-state index in [0.29, 0.717) is 15.8 Å². The molecule has 7 heteroatoms. The van der Waals surface area contributed by atoms with Crippen LogP contribution in [0.5, 0.6) is 5.75 Å². The number of amides is 1. The van der Waals surface area contributed by atoms with E-state index in [9.17, 15) is 9.90 Å². The molecule has 0 saturated carbocycles. The van der Waals surface area contributed by atoms with E-state index < -0.39 is 5.91 Å². The van der Waals surface area contributed by atoms with Crippen LogP contribution in [0.3, 0.4) is 0 Å². The summed E-state index contributed by atoms with van der Waals surface area (Å²) >= 11 is 7.12. The van der Waals surface area contributed by atoms with Gasteiger partial charge in [-0.2, -0.15) is 0 Å². The highest BCUT2D eigenvalue weighted by Crippen LogP contribution is 2.26. The van der Waals surface area contributed by atoms with Crippen molar-refractivity contribution in [3.63, 3.8) is 0 Å². The van der Waals surface area contributed by atoms with E-state index in [1.165, 1.54) is 29.5 Å². The SMILES string of the molecule is O=C(Nc1nc(-c2ccccn2)cs1)c1cc(Cl)ccc1O. The first-order valence-corrected chi connectivity index (χ1v) is 7.56. The minimum atomic E-state index is -0.470. The minimum absolute atomic E-state index is 0.0992. The Morgan fingerprint density at radius 1 is 1.23 bits per heavy atom. The summed E-state index contributed by atoms with van der Waals surface area (Å²) in [5.74, 6) is -0.606. The van der Waals surface area contributed by atoms with E-state index >= 15 is 0 Å². The quantitative estimate of drug-likeness (QED) is 0.765. The number of phenolic OH excluding ortho intramolecular Hbond substituents is 1. The second-order valence-corrected chi connectivity index (χ2v) is 5.66. The molecule has 2 N–H and O–H groups in total. The average Bonchev–Trinajstić information content (AvgIpc) is 2.99. The number of aromatic hydroxyl groups is 1. The van der Waals surface area contributed by atoms with Gasteiger partial charge in [0.2, 0.25) is 0 Å². The molecule has 5 nitrogen and oxygen atoms in total. The molecule has 22 heavy (non-hydrogen) atoms. The molecule has 0 atom stereocenters. The van der Waals surface area contributed by atoms with Crippen LogP contribution >= 0.6 is 22.9 Å². The number of hydrogen-bond acceptors (Lipinski definition) is 5. The van der Waals surface area contributed by atoms with Crippen LogP contribution in [0.15, 0.2) is 48.0 Å². The van der Waals surface area contributed by atoms with E-state index in [2.05, 4.69) is 15.3 Å². The zero-order chi connectivity index (χ0) is 15.5. The number of aromatic nitrogens is 2. The lowest BCUT2D eigenvalue weighted by Gasteiger charge is -2.04. The van der Waals surface area contributed by atoms with Crippen molar-refractivity contribution in [3.8, 4) is 17.1 Å². The van der Waals surface area contributed by atoms with Crippen LogP contribution in [0.4, 0.5) is 5.13 Å². The van der Waals surface area contributed by atoms with Crippen LogP contribution < -0.4 is 5.32 Å². The molecule has 3 aromatic rings. The fourth-order valence-corrected chi connectivity index (χ4v) is 2.69. The number of nitrogens with zero attached hydrogens (tertiary/aromatic N) is 2. The lowest BCUT2D eigenvalue weighted by molar-refractivity contribution is 0.102. The second kappa shape index (κ2) is 6.13. The summed E-state index contributed by atoms with van der Waals surface area (Å²) in [4.78, 5) is 20.7. The number of carbonyl (C=O) groups is 1. The number of halogens is 1. The Bertz CT molecular complexity index is 821. The Balaban J connectivity index is 1.81. The highest BCUT2D eigenvalue weighted by molar-refractivity contribution is 7.14. The maximum absolute atomic E-state index is 12.2. The van der Waals surface area contributed by atoms with Crippen molar-refractivity contribution in [2.24, 2.45) is 0 Å². The third kappa shape index (κ3) is 3.08. The maximum Gasteiger partial charge on any atom is 0.261 e. The van der Waals surface area contributed by atoms with Crippen molar-refractivity contribution in [1.82, 2.24) is 9.97 Å². The fourth-order valence-electron chi connectivity index (χ4n) is 1.82. The van der Waals surface area contributed by atoms with Gasteiger partial charge >= 0.3 is 0 Å². The molecular weight excluding hydrogens is 322 g/mol. The molecule has 0 aliphatic carbocycles. The van der Waals surface area contributed by atoms with E-state index in [4.69, 9.17) is 11.6 Å². The predicted molar refractivity (Wildman–Crippen MR) is 86.4 cm³/mol. The number of rotatable bonds is 3. The van der Waals surface area contributed by atoms with Crippen molar-refractivity contribution < 1.29 is 9.90 Å². The minimum Gasteiger partial charge on any atom is -0.507 e. The molecule has 0 bridgehead atoms. The van der Waals surface area contributed by atoms with E-state index in [0.717, 1.165) is 5.69 Å². The van der Waals surface area contributed by atoms with Gasteiger partial charge in [-0.25, -0.2) is 4.98 Å². The number of thiazole rings is 1. The number of nitrogens with one attached hydrogen (secondary N) is 1. The summed E-state index contributed by atoms with van der Waals surface area (Å²) in [5.41, 5.74) is 1.50. The van der Waals surface area contributed by atoms with E-state index in [1.807, 2.05) is 18.2 Å². The van der Waals surface area contributed by atoms with Crippen LogP contribution in [0.2, 0.25) is 5.02 Å². The molecule has 0 unspecified atom stereocenters. The molecule has 110 valence electrons. The summed E-state index contributed by atoms with van der Waals surface area (Å²) in [6, 6.07) is 9.81. The largest absolute Gasteiger partial charge is 0.507 e. The average molecular weight is 332 g/mol. The monoisotopic (exact) mass is 331 g/mol. The topological polar surface area (TPSA) is 75.1 Å². The van der Waals surface area contributed by atoms with Crippen molar-refractivity contribution >= 4 is 34.0 Å². The van der Waals surface area contributed by atoms with E-state index in [1.54, 1.807) is 11.6 Å². The summed E-state index contributed by atoms with van der Waals surface area (Å²) in [5, 5.41) is 15.0. The van der Waals surface area contributed by atoms with Gasteiger partial charge in [0.25, 0.3) is 5.91 Å². The van der Waals surface area contributed by atoms with Gasteiger partial charge in [-0.15, -0.1) is 11.3 Å². The molecule has 1 amide bonds. The molecular formula is C15H10ClN3O2S. The highest BCUT2D eigenvalue weighted by Gasteiger charge is 2.14. The van der Waals surface area contributed by atoms with Crippen LogP contribution in [-0.2, 0) is 0 Å². The Morgan fingerprint density at radius 3 is 2.86 bits per heavy atom. The van der Waals surface area contributed by atoms with Gasteiger partial charge < -0.3 is 5.11 Å². The van der Waals surface area contributed by atoms with Gasteiger partial charge in [-0.1, -0.05) is 17.7 Å². The van der Waals surface area contributed by atoms with Gasteiger partial charge in [0.05, 0.1) is 11.3 Å². The maximum atomic E-state index is 12.2. The van der Waals surface area contributed by atoms with Crippen LogP contribution in [0.25, 0.3) is 11.4 Å². The molecule has 0 radical (unpaired) electrons. The number of phenols is 1. The second-order valence-electron chi connectivity index (χ2n) is 4.37. The molecule has 1 aromatic carbocycles. The molecule has 2 aromatic heterocycles. The summed E-state index contributed by atoms with van der Waals surface area (Å²) in [6.07, 6.45) is 1.68. The van der Waals surface area contributed by atoms with E-state index in [-0.39, 0.29) is 11.3 Å². The van der Waals surface area contributed by atoms with Crippen LogP contribution in [0, 0.1) is 0 Å². The van der Waals surface area contributed by atoms with Gasteiger partial charge in [0.15, 0.2) is 5.13 Å². The number of pyridine rings is 1. The first kappa shape index (κ1) is 14.5. The normalized spacial score (nSPS) is 10.4. The number of carbonyl (C=O) groups excluding carboxylic acids is 1. The number of hydrogen-bond donors (Lipinski definition) is 2. The van der Waals surface area contributed by atoms with Crippen molar-refractivity contribution in [2.75, 3.05) is 5.32 Å². The van der Waals surface area contributed by atoms with Crippen LogP contribution in [-0.4, -0.2) is 21.0 Å². The number of benzene rings is 1. The number of anilines is 1. The third-order valence-corrected chi connectivity index (χ3v) is 3.85. The molecule has 0 fully saturated rings. The Labute approximate surface area is 135 Å². The van der Waals surface area contributed by atoms with Gasteiger partial charge in [-0.3, -0.25) is 15.1 Å². The lowest BCUT2D eigenvalue weighted by atomic mass is 10.2. The third-order valence-electron chi connectivity index (χ3n) is 2.86. The first-order valence-electron chi connectivity index (χ1n) is 6.30. The summed E-state index contributed by atoms with van der Waals surface area (Å²) in [7, 11) is 0. The van der Waals surface area contributed by atoms with Crippen LogP contribution in [0.1, 0.15) is 10.4 Å². The Kier molecular flexibility index (Phi) is 4.04. The fraction of sp³-hybridized carbons (Fsp3) is 0. The van der Waals surface area contributed by atoms with Crippen molar-refractivity contribution in [2.45, 2.75) is 0 Å². The molecule has 0 saturated heterocycles. The molecule has 0 aliphatic heterocycles. The smallest absolute Gasteiger partial charge is 0.261 e. The summed E-state index contributed by atoms with van der Waals surface area (Å²) in [6.45, 7) is 0. The Hall–Kier alpha value is -2.44. The summed E-state index contributed by atoms with van der Waals surface area (Å²) < 4.78 is 0. The van der Waals surface area contributed by atoms with Gasteiger partial charge in [0.1, 0.15) is 11.4 Å². The molecule has 3 rings (SSSR count). The zero-order valence-electron chi connectivity index (χ0n) is 11.2. The van der Waals surface area contributed by atoms with Crippen molar-refractivity contribution in [1.29, 1.82) is 0 Å². The van der Waals surface area contributed by atoms with Gasteiger partial charge in [-0.05, 0) is 30.3 Å². The lowest BCUT2D eigenvalue weighted by Crippen LogP contribution is -2.11. The molecule has 0 aliphatic rings. The predicted octanol–water partition coefficient (Wildman–Crippen LogP) is 3.82. The first-order chi connectivity index (χ1) is 10.6. The molecule has 0 spiro atoms. The standard InChI is InChI=1S/C15H10ClN3O2S/c16-9-4-5-13(20)10(7-9)14(21)19-15-18-12(8-22-15)11-3-1-2-6-17-11/h1-8,20H,(H,18,19,21). The van der Waals surface area contributed by atoms with Gasteiger partial charge in [0, 0.05) is 16.6 Å².